The van der Waals surface area contributed by atoms with Crippen LogP contribution in [-0.2, 0) is 36.9 Å². The van der Waals surface area contributed by atoms with Crippen LogP contribution < -0.4 is 16.2 Å². The van der Waals surface area contributed by atoms with E-state index in [0.29, 0.717) is 0 Å². The number of ether oxygens (including phenoxy) is 2. The molecule has 2 aromatic carbocycles. The van der Waals surface area contributed by atoms with Crippen LogP contribution in [0.1, 0.15) is 11.1 Å². The fraction of sp³-hybridized carbons (Fsp3) is 0.182. The predicted octanol–water partition coefficient (Wildman–Crippen LogP) is 1.33. The average molecular weight is 438 g/mol. The van der Waals surface area contributed by atoms with Gasteiger partial charge in [0.15, 0.2) is 0 Å². The Morgan fingerprint density at radius 1 is 0.969 bits per heavy atom. The molecule has 1 aromatic heterocycles. The third-order valence-electron chi connectivity index (χ3n) is 4.59. The number of methoxy groups -OCH3 is 1. The topological polar surface area (TPSA) is 139 Å². The first kappa shape index (κ1) is 22.3. The molecule has 0 bridgehead atoms. The Labute approximate surface area is 183 Å². The van der Waals surface area contributed by atoms with Crippen molar-refractivity contribution in [2.75, 3.05) is 7.11 Å². The van der Waals surface area contributed by atoms with Gasteiger partial charge in [0.2, 0.25) is 0 Å². The molecule has 0 unspecified atom stereocenters. The fourth-order valence-corrected chi connectivity index (χ4v) is 3.00. The first-order chi connectivity index (χ1) is 15.5. The van der Waals surface area contributed by atoms with Gasteiger partial charge in [-0.1, -0.05) is 48.5 Å². The smallest absolute Gasteiger partial charge is 0.426 e. The molecule has 3 aromatic rings. The quantitative estimate of drug-likeness (QED) is 0.260. The standard InChI is InChI=1S/C22H22N4O6/c1-31-21(29)20(28)24-18(11-15-12-23-17-10-6-5-9-16(15)17)19(27)25-26-22(30)32-13-14-7-3-2-4-8-14/h2-10,12,18,23H,11,13H2,1H3,(H,24,28)(H,25,27)(H,26,30)/t18-/m0/s1. The summed E-state index contributed by atoms with van der Waals surface area (Å²) < 4.78 is 9.42. The molecular formula is C22H22N4O6. The van der Waals surface area contributed by atoms with E-state index in [1.54, 1.807) is 30.5 Å². The van der Waals surface area contributed by atoms with Gasteiger partial charge >= 0.3 is 18.0 Å². The number of carbonyl (C=O) groups is 4. The van der Waals surface area contributed by atoms with Crippen LogP contribution in [0.15, 0.2) is 60.8 Å². The van der Waals surface area contributed by atoms with Crippen LogP contribution in [0, 0.1) is 0 Å². The van der Waals surface area contributed by atoms with E-state index in [-0.39, 0.29) is 13.0 Å². The molecule has 1 heterocycles. The number of esters is 1. The maximum atomic E-state index is 12.7. The molecule has 10 nitrogen and oxygen atoms in total. The van der Waals surface area contributed by atoms with Gasteiger partial charge in [0.1, 0.15) is 12.6 Å². The summed E-state index contributed by atoms with van der Waals surface area (Å²) in [6, 6.07) is 15.3. The van der Waals surface area contributed by atoms with Crippen LogP contribution in [-0.4, -0.2) is 42.0 Å². The summed E-state index contributed by atoms with van der Waals surface area (Å²) in [6.07, 6.45) is 0.878. The molecule has 0 spiro atoms. The van der Waals surface area contributed by atoms with Crippen molar-refractivity contribution in [3.05, 3.63) is 71.9 Å². The van der Waals surface area contributed by atoms with Gasteiger partial charge in [0, 0.05) is 23.5 Å². The Hall–Kier alpha value is -4.34. The number of aromatic amines is 1. The highest BCUT2D eigenvalue weighted by atomic mass is 16.6. The molecule has 0 saturated heterocycles. The van der Waals surface area contributed by atoms with E-state index < -0.39 is 29.9 Å². The second kappa shape index (κ2) is 10.6. The van der Waals surface area contributed by atoms with Gasteiger partial charge < -0.3 is 19.8 Å². The highest BCUT2D eigenvalue weighted by molar-refractivity contribution is 6.32. The van der Waals surface area contributed by atoms with E-state index in [1.807, 2.05) is 30.3 Å². The van der Waals surface area contributed by atoms with Crippen molar-refractivity contribution >= 4 is 34.8 Å². The Balaban J connectivity index is 1.63. The molecule has 0 aliphatic heterocycles. The van der Waals surface area contributed by atoms with E-state index in [4.69, 9.17) is 4.74 Å². The molecule has 0 saturated carbocycles. The molecule has 166 valence electrons. The first-order valence-electron chi connectivity index (χ1n) is 9.68. The molecular weight excluding hydrogens is 416 g/mol. The molecule has 0 radical (unpaired) electrons. The third kappa shape index (κ3) is 5.85. The van der Waals surface area contributed by atoms with Gasteiger partial charge in [0.05, 0.1) is 7.11 Å². The molecule has 3 amide bonds. The Bertz CT molecular complexity index is 1110. The monoisotopic (exact) mass is 438 g/mol. The van der Waals surface area contributed by atoms with Crippen molar-refractivity contribution in [2.24, 2.45) is 0 Å². The number of nitrogens with one attached hydrogen (secondary N) is 4. The first-order valence-corrected chi connectivity index (χ1v) is 9.68. The van der Waals surface area contributed by atoms with Crippen LogP contribution in [0.2, 0.25) is 0 Å². The van der Waals surface area contributed by atoms with Crippen LogP contribution in [0.4, 0.5) is 4.79 Å². The maximum absolute atomic E-state index is 12.7. The van der Waals surface area contributed by atoms with E-state index in [2.05, 4.69) is 25.9 Å². The molecule has 4 N–H and O–H groups in total. The number of H-pyrrole nitrogens is 1. The number of aromatic nitrogens is 1. The fourth-order valence-electron chi connectivity index (χ4n) is 3.00. The molecule has 3 rings (SSSR count). The van der Waals surface area contributed by atoms with Crippen molar-refractivity contribution in [2.45, 2.75) is 19.1 Å². The van der Waals surface area contributed by atoms with Crippen molar-refractivity contribution in [1.82, 2.24) is 21.2 Å². The normalized spacial score (nSPS) is 11.3. The second-order valence-electron chi connectivity index (χ2n) is 6.76. The van der Waals surface area contributed by atoms with E-state index >= 15 is 0 Å². The second-order valence-corrected chi connectivity index (χ2v) is 6.76. The van der Waals surface area contributed by atoms with Crippen molar-refractivity contribution in [3.8, 4) is 0 Å². The minimum absolute atomic E-state index is 0.0143. The van der Waals surface area contributed by atoms with Gasteiger partial charge in [-0.2, -0.15) is 0 Å². The molecule has 10 heteroatoms. The third-order valence-corrected chi connectivity index (χ3v) is 4.59. The van der Waals surface area contributed by atoms with Gasteiger partial charge in [-0.15, -0.1) is 0 Å². The van der Waals surface area contributed by atoms with Gasteiger partial charge in [-0.05, 0) is 17.2 Å². The number of benzene rings is 2. The van der Waals surface area contributed by atoms with Crippen LogP contribution >= 0.6 is 0 Å². The van der Waals surface area contributed by atoms with Crippen LogP contribution in [0.5, 0.6) is 0 Å². The summed E-state index contributed by atoms with van der Waals surface area (Å²) >= 11 is 0. The van der Waals surface area contributed by atoms with Crippen molar-refractivity contribution in [3.63, 3.8) is 0 Å². The summed E-state index contributed by atoms with van der Waals surface area (Å²) in [6.45, 7) is 0.0143. The van der Waals surface area contributed by atoms with Gasteiger partial charge in [-0.25, -0.2) is 15.0 Å². The number of hydrazine groups is 1. The summed E-state index contributed by atoms with van der Waals surface area (Å²) in [7, 11) is 1.06. The lowest BCUT2D eigenvalue weighted by atomic mass is 10.0. The number of amides is 3. The van der Waals surface area contributed by atoms with Crippen molar-refractivity contribution in [1.29, 1.82) is 0 Å². The zero-order chi connectivity index (χ0) is 22.9. The SMILES string of the molecule is COC(=O)C(=O)N[C@@H](Cc1c[nH]c2ccccc12)C(=O)NNC(=O)OCc1ccccc1. The summed E-state index contributed by atoms with van der Waals surface area (Å²) in [5, 5.41) is 3.18. The molecule has 0 aliphatic carbocycles. The van der Waals surface area contributed by atoms with Crippen LogP contribution in [0.3, 0.4) is 0 Å². The lowest BCUT2D eigenvalue weighted by molar-refractivity contribution is -0.153. The Kier molecular flexibility index (Phi) is 7.42. The number of para-hydroxylation sites is 1. The largest absolute Gasteiger partial charge is 0.462 e. The van der Waals surface area contributed by atoms with E-state index in [9.17, 15) is 19.2 Å². The highest BCUT2D eigenvalue weighted by Gasteiger charge is 2.26. The van der Waals surface area contributed by atoms with Gasteiger partial charge in [0.25, 0.3) is 5.91 Å². The van der Waals surface area contributed by atoms with E-state index in [0.717, 1.165) is 29.1 Å². The molecule has 1 atom stereocenters. The number of fused-ring (bicyclic) bond motifs is 1. The minimum atomic E-state index is -1.17. The summed E-state index contributed by atoms with van der Waals surface area (Å²) in [4.78, 5) is 51.1. The lowest BCUT2D eigenvalue weighted by Crippen LogP contribution is -2.54. The Morgan fingerprint density at radius 3 is 2.44 bits per heavy atom. The highest BCUT2D eigenvalue weighted by Crippen LogP contribution is 2.19. The van der Waals surface area contributed by atoms with Crippen molar-refractivity contribution < 1.29 is 28.7 Å². The maximum Gasteiger partial charge on any atom is 0.426 e. The Morgan fingerprint density at radius 2 is 1.69 bits per heavy atom. The molecule has 0 fully saturated rings. The zero-order valence-electron chi connectivity index (χ0n) is 17.2. The van der Waals surface area contributed by atoms with E-state index in [1.165, 1.54) is 0 Å². The minimum Gasteiger partial charge on any atom is -0.462 e. The molecule has 0 aliphatic rings. The zero-order valence-corrected chi connectivity index (χ0v) is 17.2. The summed E-state index contributed by atoms with van der Waals surface area (Å²) in [5.41, 5.74) is 6.69. The number of carbonyl (C=O) groups excluding carboxylic acids is 4. The molecule has 32 heavy (non-hydrogen) atoms. The number of hydrogen-bond donors (Lipinski definition) is 4. The summed E-state index contributed by atoms with van der Waals surface area (Å²) in [5.74, 6) is -2.97. The predicted molar refractivity (Wildman–Crippen MR) is 114 cm³/mol. The average Bonchev–Trinajstić information content (AvgIpc) is 3.23. The van der Waals surface area contributed by atoms with Crippen LogP contribution in [0.25, 0.3) is 10.9 Å². The number of rotatable bonds is 6. The lowest BCUT2D eigenvalue weighted by Gasteiger charge is -2.18. The number of hydrogen-bond acceptors (Lipinski definition) is 6. The van der Waals surface area contributed by atoms with Gasteiger partial charge in [-0.3, -0.25) is 15.0 Å².